The first-order valence-electron chi connectivity index (χ1n) is 16.4. The van der Waals surface area contributed by atoms with Gasteiger partial charge in [-0.15, -0.1) is 0 Å². The Bertz CT molecular complexity index is 1750. The van der Waals surface area contributed by atoms with Crippen molar-refractivity contribution in [3.8, 4) is 22.8 Å². The first-order valence-corrected chi connectivity index (χ1v) is 16.4. The van der Waals surface area contributed by atoms with Crippen LogP contribution >= 0.6 is 0 Å². The molecule has 1 aliphatic heterocycles. The summed E-state index contributed by atoms with van der Waals surface area (Å²) in [5, 5.41) is 14.0. The molecule has 2 aromatic carbocycles. The first kappa shape index (κ1) is 29.3. The number of fused-ring (bicyclic) bond motifs is 1. The van der Waals surface area contributed by atoms with E-state index in [0.29, 0.717) is 35.7 Å². The summed E-state index contributed by atoms with van der Waals surface area (Å²) >= 11 is 0. The molecule has 1 amide bonds. The molecule has 1 atom stereocenters. The second-order valence-electron chi connectivity index (χ2n) is 12.6. The van der Waals surface area contributed by atoms with Gasteiger partial charge in [0, 0.05) is 30.1 Å². The van der Waals surface area contributed by atoms with Crippen LogP contribution in [-0.2, 0) is 24.1 Å². The predicted molar refractivity (Wildman–Crippen MR) is 172 cm³/mol. The van der Waals surface area contributed by atoms with Crippen LogP contribution in [0.25, 0.3) is 17.1 Å². The van der Waals surface area contributed by atoms with E-state index in [4.69, 9.17) is 9.72 Å². The van der Waals surface area contributed by atoms with E-state index < -0.39 is 5.97 Å². The highest BCUT2D eigenvalue weighted by Crippen LogP contribution is 2.42. The van der Waals surface area contributed by atoms with Gasteiger partial charge in [0.15, 0.2) is 5.82 Å². The molecule has 2 aromatic heterocycles. The van der Waals surface area contributed by atoms with E-state index in [1.807, 2.05) is 25.1 Å². The van der Waals surface area contributed by atoms with Gasteiger partial charge in [-0.05, 0) is 98.2 Å². The van der Waals surface area contributed by atoms with E-state index >= 15 is 0 Å². The van der Waals surface area contributed by atoms with Crippen molar-refractivity contribution in [1.82, 2.24) is 19.7 Å². The average Bonchev–Trinajstić information content (AvgIpc) is 3.70. The van der Waals surface area contributed by atoms with Crippen molar-refractivity contribution >= 4 is 11.9 Å². The molecule has 0 radical (unpaired) electrons. The Labute approximate surface area is 264 Å². The van der Waals surface area contributed by atoms with E-state index in [2.05, 4.69) is 53.3 Å². The molecule has 8 nitrogen and oxygen atoms in total. The van der Waals surface area contributed by atoms with Gasteiger partial charge in [-0.2, -0.15) is 5.10 Å². The minimum atomic E-state index is -0.986. The molecule has 1 saturated carbocycles. The molecule has 1 N–H and O–H groups in total. The lowest BCUT2D eigenvalue weighted by Crippen LogP contribution is -2.38. The monoisotopic (exact) mass is 604 g/mol. The number of carboxylic acid groups (broad SMARTS) is 1. The van der Waals surface area contributed by atoms with Crippen LogP contribution in [0.3, 0.4) is 0 Å². The van der Waals surface area contributed by atoms with Gasteiger partial charge in [0.2, 0.25) is 5.91 Å². The number of piperidine rings is 1. The lowest BCUT2D eigenvalue weighted by atomic mass is 9.85. The lowest BCUT2D eigenvalue weighted by Gasteiger charge is -2.33. The zero-order chi connectivity index (χ0) is 31.1. The van der Waals surface area contributed by atoms with Crippen molar-refractivity contribution in [3.05, 3.63) is 94.3 Å². The summed E-state index contributed by atoms with van der Waals surface area (Å²) < 4.78 is 8.38. The van der Waals surface area contributed by atoms with Crippen molar-refractivity contribution < 1.29 is 19.4 Å². The summed E-state index contributed by atoms with van der Waals surface area (Å²) in [5.74, 6) is 1.63. The number of ether oxygens (including phenoxy) is 1. The largest absolute Gasteiger partial charge is 0.486 e. The van der Waals surface area contributed by atoms with Gasteiger partial charge < -0.3 is 14.7 Å². The Morgan fingerprint density at radius 2 is 1.76 bits per heavy atom. The molecule has 4 aromatic rings. The standard InChI is InChI=1S/C37H40N4O4/c1-3-23-21-27(14-15-28(23)24-17-19-40(20-18-24)36(42)26-11-12-26)45-33-16-13-25-7-5-8-29(35(25)33)31-9-6-10-34(39-31)41-32(4-2)30(22-38-41)37(43)44/h5-10,14-15,21-22,24,26,33H,3-4,11-13,16-20H2,1-2H3,(H,43,44)/t33-/m0/s1. The Hall–Kier alpha value is -4.46. The number of aromatic carboxylic acids is 1. The van der Waals surface area contributed by atoms with E-state index in [9.17, 15) is 14.7 Å². The Morgan fingerprint density at radius 1 is 0.956 bits per heavy atom. The minimum absolute atomic E-state index is 0.0941. The number of hydrogen-bond donors (Lipinski definition) is 1. The maximum absolute atomic E-state index is 12.6. The number of rotatable bonds is 9. The number of carboxylic acids is 1. The van der Waals surface area contributed by atoms with Gasteiger partial charge in [-0.25, -0.2) is 14.5 Å². The number of benzene rings is 2. The van der Waals surface area contributed by atoms with Crippen molar-refractivity contribution in [2.75, 3.05) is 13.1 Å². The molecule has 0 spiro atoms. The summed E-state index contributed by atoms with van der Waals surface area (Å²) in [5.41, 5.74) is 7.82. The zero-order valence-corrected chi connectivity index (χ0v) is 26.0. The molecule has 8 heteroatoms. The van der Waals surface area contributed by atoms with Crippen LogP contribution in [0.4, 0.5) is 0 Å². The maximum Gasteiger partial charge on any atom is 0.339 e. The Balaban J connectivity index is 1.12. The molecular weight excluding hydrogens is 564 g/mol. The van der Waals surface area contributed by atoms with Gasteiger partial charge in [-0.1, -0.05) is 44.2 Å². The highest BCUT2D eigenvalue weighted by Gasteiger charge is 2.35. The van der Waals surface area contributed by atoms with Crippen molar-refractivity contribution in [2.24, 2.45) is 5.92 Å². The smallest absolute Gasteiger partial charge is 0.339 e. The average molecular weight is 605 g/mol. The molecule has 1 saturated heterocycles. The van der Waals surface area contributed by atoms with Crippen LogP contribution in [0.2, 0.25) is 0 Å². The van der Waals surface area contributed by atoms with Crippen LogP contribution in [-0.4, -0.2) is 49.7 Å². The highest BCUT2D eigenvalue weighted by molar-refractivity contribution is 5.88. The van der Waals surface area contributed by atoms with Crippen molar-refractivity contribution in [2.45, 2.75) is 77.2 Å². The summed E-state index contributed by atoms with van der Waals surface area (Å²) in [6.07, 6.45) is 8.77. The van der Waals surface area contributed by atoms with Crippen LogP contribution in [0.5, 0.6) is 5.75 Å². The number of aromatic nitrogens is 3. The SMILES string of the molecule is CCc1cc(O[C@H]2CCc3cccc(-c4cccc(-n5ncc(C(=O)O)c5CC)n4)c32)ccc1C1CCN(C(=O)C2CC2)CC1. The first-order chi connectivity index (χ1) is 21.9. The van der Waals surface area contributed by atoms with Gasteiger partial charge in [0.1, 0.15) is 17.4 Å². The molecule has 0 bridgehead atoms. The topological polar surface area (TPSA) is 97.6 Å². The van der Waals surface area contributed by atoms with Crippen LogP contribution in [0.1, 0.15) is 96.3 Å². The van der Waals surface area contributed by atoms with Gasteiger partial charge in [0.05, 0.1) is 17.6 Å². The fourth-order valence-corrected chi connectivity index (χ4v) is 7.29. The van der Waals surface area contributed by atoms with E-state index in [1.54, 1.807) is 4.68 Å². The van der Waals surface area contributed by atoms with Crippen molar-refractivity contribution in [1.29, 1.82) is 0 Å². The van der Waals surface area contributed by atoms with Gasteiger partial charge in [-0.3, -0.25) is 4.79 Å². The zero-order valence-electron chi connectivity index (χ0n) is 26.0. The summed E-state index contributed by atoms with van der Waals surface area (Å²) in [7, 11) is 0. The number of hydrogen-bond acceptors (Lipinski definition) is 5. The summed E-state index contributed by atoms with van der Waals surface area (Å²) in [6.45, 7) is 5.85. The number of likely N-dealkylation sites (tertiary alicyclic amines) is 1. The molecule has 45 heavy (non-hydrogen) atoms. The summed E-state index contributed by atoms with van der Waals surface area (Å²) in [6, 6.07) is 18.8. The number of carbonyl (C=O) groups is 2. The van der Waals surface area contributed by atoms with E-state index in [-0.39, 0.29) is 11.7 Å². The second kappa shape index (κ2) is 12.1. The third-order valence-corrected chi connectivity index (χ3v) is 9.80. The molecule has 2 aliphatic carbocycles. The molecule has 2 fully saturated rings. The predicted octanol–water partition coefficient (Wildman–Crippen LogP) is 6.94. The number of amides is 1. The number of nitrogens with zero attached hydrogens (tertiary/aromatic N) is 4. The Morgan fingerprint density at radius 3 is 2.49 bits per heavy atom. The highest BCUT2D eigenvalue weighted by atomic mass is 16.5. The third-order valence-electron chi connectivity index (χ3n) is 9.80. The van der Waals surface area contributed by atoms with Gasteiger partial charge in [0.25, 0.3) is 0 Å². The van der Waals surface area contributed by atoms with Crippen LogP contribution < -0.4 is 4.74 Å². The molecule has 3 aliphatic rings. The number of carbonyl (C=O) groups excluding carboxylic acids is 1. The molecule has 7 rings (SSSR count). The van der Waals surface area contributed by atoms with Gasteiger partial charge >= 0.3 is 5.97 Å². The molecule has 3 heterocycles. The second-order valence-corrected chi connectivity index (χ2v) is 12.6. The molecule has 232 valence electrons. The fraction of sp³-hybridized carbons (Fsp3) is 0.405. The fourth-order valence-electron chi connectivity index (χ4n) is 7.29. The Kier molecular flexibility index (Phi) is 7.90. The summed E-state index contributed by atoms with van der Waals surface area (Å²) in [4.78, 5) is 31.3. The van der Waals surface area contributed by atoms with E-state index in [1.165, 1.54) is 28.5 Å². The van der Waals surface area contributed by atoms with Crippen LogP contribution in [0.15, 0.2) is 60.8 Å². The van der Waals surface area contributed by atoms with Crippen LogP contribution in [0, 0.1) is 5.92 Å². The molecular formula is C37H40N4O4. The van der Waals surface area contributed by atoms with Crippen molar-refractivity contribution in [3.63, 3.8) is 0 Å². The third kappa shape index (κ3) is 5.62. The lowest BCUT2D eigenvalue weighted by molar-refractivity contribution is -0.133. The number of pyridine rings is 1. The van der Waals surface area contributed by atoms with E-state index in [0.717, 1.165) is 75.0 Å². The molecule has 0 unspecified atom stereocenters. The number of aryl methyl sites for hydroxylation is 2. The quantitative estimate of drug-likeness (QED) is 0.222. The maximum atomic E-state index is 12.6. The normalized spacial score (nSPS) is 18.2. The minimum Gasteiger partial charge on any atom is -0.486 e.